The number of esters is 2. The van der Waals surface area contributed by atoms with Gasteiger partial charge in [-0.15, -0.1) is 0 Å². The molecule has 0 spiro atoms. The van der Waals surface area contributed by atoms with Crippen LogP contribution in [0.2, 0.25) is 0 Å². The molecular weight excluding hydrogens is 350 g/mol. The lowest BCUT2D eigenvalue weighted by molar-refractivity contribution is -0.157. The van der Waals surface area contributed by atoms with Crippen LogP contribution in [0.4, 0.5) is 0 Å². The van der Waals surface area contributed by atoms with Gasteiger partial charge >= 0.3 is 11.9 Å². The van der Waals surface area contributed by atoms with Crippen molar-refractivity contribution in [2.45, 2.75) is 26.7 Å². The Morgan fingerprint density at radius 1 is 1.07 bits per heavy atom. The van der Waals surface area contributed by atoms with Crippen LogP contribution in [0.1, 0.15) is 30.9 Å². The van der Waals surface area contributed by atoms with E-state index in [-0.39, 0.29) is 18.8 Å². The normalized spacial score (nSPS) is 10.6. The molecular formula is C20H23NO6. The second-order valence-corrected chi connectivity index (χ2v) is 5.75. The summed E-state index contributed by atoms with van der Waals surface area (Å²) in [6.45, 7) is 5.33. The van der Waals surface area contributed by atoms with Gasteiger partial charge in [-0.25, -0.2) is 0 Å². The van der Waals surface area contributed by atoms with Crippen LogP contribution in [0, 0.1) is 6.92 Å². The zero-order valence-electron chi connectivity index (χ0n) is 15.9. The molecule has 0 aliphatic rings. The Kier molecular flexibility index (Phi) is 6.76. The predicted octanol–water partition coefficient (Wildman–Crippen LogP) is 2.36. The molecule has 0 fully saturated rings. The molecule has 0 amide bonds. The molecule has 144 valence electrons. The maximum atomic E-state index is 13.1. The van der Waals surface area contributed by atoms with Crippen molar-refractivity contribution < 1.29 is 23.8 Å². The third-order valence-corrected chi connectivity index (χ3v) is 3.93. The molecule has 0 saturated carbocycles. The first-order valence-corrected chi connectivity index (χ1v) is 8.64. The van der Waals surface area contributed by atoms with E-state index in [0.717, 1.165) is 5.56 Å². The summed E-state index contributed by atoms with van der Waals surface area (Å²) < 4.78 is 16.6. The number of benzene rings is 1. The van der Waals surface area contributed by atoms with Crippen molar-refractivity contribution in [1.29, 1.82) is 0 Å². The van der Waals surface area contributed by atoms with Crippen molar-refractivity contribution in [3.05, 3.63) is 58.0 Å². The number of hydrogen-bond donors (Lipinski definition) is 0. The summed E-state index contributed by atoms with van der Waals surface area (Å²) in [6.07, 6.45) is 1.55. The van der Waals surface area contributed by atoms with E-state index in [2.05, 4.69) is 0 Å². The van der Waals surface area contributed by atoms with Crippen LogP contribution in [-0.2, 0) is 19.1 Å². The Bertz CT molecular complexity index is 868. The number of pyridine rings is 1. The fraction of sp³-hybridized carbons (Fsp3) is 0.350. The van der Waals surface area contributed by atoms with Crippen LogP contribution in [0.15, 0.2) is 41.3 Å². The average molecular weight is 373 g/mol. The van der Waals surface area contributed by atoms with Gasteiger partial charge < -0.3 is 14.2 Å². The van der Waals surface area contributed by atoms with E-state index in [9.17, 15) is 14.4 Å². The highest BCUT2D eigenvalue weighted by Gasteiger charge is 2.34. The van der Waals surface area contributed by atoms with Crippen molar-refractivity contribution in [2.75, 3.05) is 20.3 Å². The van der Waals surface area contributed by atoms with Gasteiger partial charge in [-0.2, -0.15) is 0 Å². The van der Waals surface area contributed by atoms with Crippen LogP contribution >= 0.6 is 0 Å². The van der Waals surface area contributed by atoms with Crippen molar-refractivity contribution >= 4 is 11.9 Å². The van der Waals surface area contributed by atoms with Gasteiger partial charge in [0.25, 0.3) is 5.56 Å². The molecule has 7 nitrogen and oxygen atoms in total. The number of carbonyl (C=O) groups excluding carboxylic acids is 2. The molecule has 0 saturated heterocycles. The lowest BCUT2D eigenvalue weighted by Crippen LogP contribution is -2.33. The molecule has 0 bridgehead atoms. The van der Waals surface area contributed by atoms with E-state index in [4.69, 9.17) is 14.2 Å². The van der Waals surface area contributed by atoms with Crippen LogP contribution in [0.25, 0.3) is 5.69 Å². The smallest absolute Gasteiger partial charge is 0.325 e. The number of carbonyl (C=O) groups is 2. The largest absolute Gasteiger partial charge is 0.495 e. The quantitative estimate of drug-likeness (QED) is 0.547. The number of nitrogens with zero attached hydrogens (tertiary/aromatic N) is 1. The number of rotatable bonds is 7. The van der Waals surface area contributed by atoms with E-state index in [1.807, 2.05) is 13.0 Å². The Balaban J connectivity index is 2.62. The molecule has 1 aromatic carbocycles. The zero-order valence-corrected chi connectivity index (χ0v) is 15.9. The van der Waals surface area contributed by atoms with Crippen LogP contribution in [-0.4, -0.2) is 36.8 Å². The summed E-state index contributed by atoms with van der Waals surface area (Å²) in [6, 6.07) is 8.39. The summed E-state index contributed by atoms with van der Waals surface area (Å²) in [5.41, 5.74) is 0.930. The topological polar surface area (TPSA) is 83.8 Å². The number of ether oxygens (including phenoxy) is 3. The monoisotopic (exact) mass is 373 g/mol. The van der Waals surface area contributed by atoms with Gasteiger partial charge in [0, 0.05) is 11.8 Å². The Hall–Kier alpha value is -3.09. The Morgan fingerprint density at radius 2 is 1.70 bits per heavy atom. The first kappa shape index (κ1) is 20.2. The third kappa shape index (κ3) is 4.36. The third-order valence-electron chi connectivity index (χ3n) is 3.93. The lowest BCUT2D eigenvalue weighted by atomic mass is 10.0. The molecule has 0 unspecified atom stereocenters. The summed E-state index contributed by atoms with van der Waals surface area (Å²) in [4.78, 5) is 37.7. The molecule has 0 atom stereocenters. The molecule has 0 radical (unpaired) electrons. The highest BCUT2D eigenvalue weighted by atomic mass is 16.6. The first-order chi connectivity index (χ1) is 12.9. The van der Waals surface area contributed by atoms with Gasteiger partial charge in [-0.1, -0.05) is 12.1 Å². The molecule has 0 aliphatic heterocycles. The highest BCUT2D eigenvalue weighted by Crippen LogP contribution is 2.24. The highest BCUT2D eigenvalue weighted by molar-refractivity contribution is 6.00. The Labute approximate surface area is 157 Å². The number of methoxy groups -OCH3 is 1. The maximum Gasteiger partial charge on any atom is 0.325 e. The minimum Gasteiger partial charge on any atom is -0.495 e. The van der Waals surface area contributed by atoms with Gasteiger partial charge in [0.15, 0.2) is 5.92 Å². The molecule has 27 heavy (non-hydrogen) atoms. The molecule has 0 aliphatic carbocycles. The summed E-state index contributed by atoms with van der Waals surface area (Å²) in [7, 11) is 1.51. The summed E-state index contributed by atoms with van der Waals surface area (Å²) in [5, 5.41) is 0. The molecule has 1 heterocycles. The Morgan fingerprint density at radius 3 is 2.26 bits per heavy atom. The molecule has 2 rings (SSSR count). The van der Waals surface area contributed by atoms with E-state index in [1.54, 1.807) is 38.2 Å². The predicted molar refractivity (Wildman–Crippen MR) is 99.3 cm³/mol. The number of aromatic nitrogens is 1. The first-order valence-electron chi connectivity index (χ1n) is 8.64. The van der Waals surface area contributed by atoms with Gasteiger partial charge in [0.2, 0.25) is 0 Å². The molecule has 2 aromatic rings. The maximum absolute atomic E-state index is 13.1. The average Bonchev–Trinajstić information content (AvgIpc) is 2.64. The fourth-order valence-corrected chi connectivity index (χ4v) is 2.71. The van der Waals surface area contributed by atoms with Crippen LogP contribution in [0.3, 0.4) is 0 Å². The minimum absolute atomic E-state index is 0.0166. The summed E-state index contributed by atoms with van der Waals surface area (Å²) in [5.74, 6) is -2.58. The number of aryl methyl sites for hydroxylation is 1. The van der Waals surface area contributed by atoms with Crippen LogP contribution in [0.5, 0.6) is 5.75 Å². The second-order valence-electron chi connectivity index (χ2n) is 5.75. The number of hydrogen-bond acceptors (Lipinski definition) is 6. The van der Waals surface area contributed by atoms with Crippen molar-refractivity contribution in [3.63, 3.8) is 0 Å². The van der Waals surface area contributed by atoms with Crippen molar-refractivity contribution in [1.82, 2.24) is 4.57 Å². The SMILES string of the molecule is CCOC(=O)C(C(=O)OCC)c1cccn(-c2ccc(C)cc2OC)c1=O. The minimum atomic E-state index is -1.44. The molecule has 7 heteroatoms. The van der Waals surface area contributed by atoms with E-state index in [1.165, 1.54) is 17.7 Å². The second kappa shape index (κ2) is 9.02. The lowest BCUT2D eigenvalue weighted by Gasteiger charge is -2.17. The van der Waals surface area contributed by atoms with Gasteiger partial charge in [-0.05, 0) is 44.5 Å². The van der Waals surface area contributed by atoms with Gasteiger partial charge in [0.1, 0.15) is 5.75 Å². The van der Waals surface area contributed by atoms with Crippen molar-refractivity contribution in [3.8, 4) is 11.4 Å². The van der Waals surface area contributed by atoms with E-state index < -0.39 is 23.4 Å². The summed E-state index contributed by atoms with van der Waals surface area (Å²) >= 11 is 0. The van der Waals surface area contributed by atoms with E-state index in [0.29, 0.717) is 11.4 Å². The standard InChI is InChI=1S/C20H23NO6/c1-5-26-19(23)17(20(24)27-6-2)14-8-7-11-21(18(14)22)15-10-9-13(3)12-16(15)25-4/h7-12,17H,5-6H2,1-4H3. The zero-order chi connectivity index (χ0) is 20.0. The van der Waals surface area contributed by atoms with Crippen LogP contribution < -0.4 is 10.3 Å². The molecule has 1 aromatic heterocycles. The van der Waals surface area contributed by atoms with E-state index >= 15 is 0 Å². The fourth-order valence-electron chi connectivity index (χ4n) is 2.71. The van der Waals surface area contributed by atoms with Gasteiger partial charge in [0.05, 0.1) is 26.0 Å². The molecule has 0 N–H and O–H groups in total. The van der Waals surface area contributed by atoms with Gasteiger partial charge in [-0.3, -0.25) is 19.0 Å². The van der Waals surface area contributed by atoms with Crippen molar-refractivity contribution in [2.24, 2.45) is 0 Å².